The minimum atomic E-state index is -3.77. The van der Waals surface area contributed by atoms with E-state index in [2.05, 4.69) is 9.93 Å². The molecule has 0 unspecified atom stereocenters. The molecule has 31 heavy (non-hydrogen) atoms. The summed E-state index contributed by atoms with van der Waals surface area (Å²) in [7, 11) is -3.77. The van der Waals surface area contributed by atoms with Crippen molar-refractivity contribution in [3.63, 3.8) is 0 Å². The lowest BCUT2D eigenvalue weighted by Crippen LogP contribution is -2.18. The van der Waals surface area contributed by atoms with Crippen LogP contribution in [0.2, 0.25) is 5.02 Å². The van der Waals surface area contributed by atoms with Gasteiger partial charge in [-0.25, -0.2) is 9.63 Å². The maximum Gasteiger partial charge on any atom is 0.343 e. The molecule has 0 aromatic heterocycles. The number of halogens is 1. The van der Waals surface area contributed by atoms with E-state index in [4.69, 9.17) is 21.1 Å². The van der Waals surface area contributed by atoms with Gasteiger partial charge >= 0.3 is 5.97 Å². The first-order chi connectivity index (χ1) is 14.9. The first-order valence-corrected chi connectivity index (χ1v) is 11.1. The van der Waals surface area contributed by atoms with Crippen LogP contribution in [0.1, 0.15) is 22.8 Å². The van der Waals surface area contributed by atoms with Crippen LogP contribution in [-0.4, -0.2) is 27.2 Å². The third kappa shape index (κ3) is 6.07. The highest BCUT2D eigenvalue weighted by atomic mass is 35.5. The number of nitrogens with one attached hydrogen (secondary N) is 1. The van der Waals surface area contributed by atoms with Crippen LogP contribution in [0.15, 0.2) is 82.8 Å². The molecular weight excluding hydrogens is 440 g/mol. The highest BCUT2D eigenvalue weighted by Crippen LogP contribution is 2.29. The van der Waals surface area contributed by atoms with E-state index in [1.807, 2.05) is 0 Å². The van der Waals surface area contributed by atoms with E-state index in [1.165, 1.54) is 18.3 Å². The molecule has 0 atom stereocenters. The zero-order valence-corrected chi connectivity index (χ0v) is 18.1. The molecule has 7 nitrogen and oxygen atoms in total. The van der Waals surface area contributed by atoms with Crippen LogP contribution >= 0.6 is 11.6 Å². The Bertz CT molecular complexity index is 1180. The van der Waals surface area contributed by atoms with E-state index in [9.17, 15) is 13.2 Å². The topological polar surface area (TPSA) is 94.1 Å². The van der Waals surface area contributed by atoms with Crippen LogP contribution < -0.4 is 14.3 Å². The van der Waals surface area contributed by atoms with Gasteiger partial charge in [-0.3, -0.25) is 0 Å². The second-order valence-corrected chi connectivity index (χ2v) is 8.30. The number of sulfonamides is 1. The number of benzene rings is 3. The second-order valence-electron chi connectivity index (χ2n) is 6.20. The van der Waals surface area contributed by atoms with Crippen molar-refractivity contribution >= 4 is 33.8 Å². The normalized spacial score (nSPS) is 11.3. The third-order valence-corrected chi connectivity index (χ3v) is 5.48. The van der Waals surface area contributed by atoms with Gasteiger partial charge in [-0.1, -0.05) is 29.8 Å². The lowest BCUT2D eigenvalue weighted by atomic mass is 10.2. The van der Waals surface area contributed by atoms with Crippen molar-refractivity contribution in [2.75, 3.05) is 6.61 Å². The molecule has 0 saturated heterocycles. The Morgan fingerprint density at radius 2 is 1.74 bits per heavy atom. The molecule has 0 aliphatic rings. The quantitative estimate of drug-likeness (QED) is 0.235. The zero-order chi connectivity index (χ0) is 22.3. The fourth-order valence-corrected chi connectivity index (χ4v) is 3.46. The molecule has 0 aliphatic heterocycles. The summed E-state index contributed by atoms with van der Waals surface area (Å²) in [6, 6.07) is 19.0. The molecule has 3 aromatic rings. The average Bonchev–Trinajstić information content (AvgIpc) is 2.76. The molecule has 0 heterocycles. The molecule has 0 saturated carbocycles. The summed E-state index contributed by atoms with van der Waals surface area (Å²) in [6.45, 7) is 2.13. The van der Waals surface area contributed by atoms with E-state index < -0.39 is 16.0 Å². The monoisotopic (exact) mass is 458 g/mol. The third-order valence-electron chi connectivity index (χ3n) is 3.99. The first kappa shape index (κ1) is 22.3. The second kappa shape index (κ2) is 10.1. The van der Waals surface area contributed by atoms with E-state index in [0.29, 0.717) is 28.5 Å². The predicted molar refractivity (Wildman–Crippen MR) is 118 cm³/mol. The van der Waals surface area contributed by atoms with Gasteiger partial charge in [-0.15, -0.1) is 0 Å². The van der Waals surface area contributed by atoms with Crippen LogP contribution in [0.4, 0.5) is 0 Å². The largest absolute Gasteiger partial charge is 0.490 e. The fraction of sp³-hybridized carbons (Fsp3) is 0.0909. The van der Waals surface area contributed by atoms with Crippen molar-refractivity contribution in [3.05, 3.63) is 88.9 Å². The Morgan fingerprint density at radius 1 is 1.03 bits per heavy atom. The van der Waals surface area contributed by atoms with Gasteiger partial charge in [0.15, 0.2) is 11.5 Å². The zero-order valence-electron chi connectivity index (χ0n) is 16.5. The number of carbonyl (C=O) groups excluding carboxylic acids is 1. The Labute approximate surface area is 185 Å². The Hall–Kier alpha value is -3.36. The Balaban J connectivity index is 1.74. The number of ether oxygens (including phenoxy) is 2. The number of hydrogen-bond acceptors (Lipinski definition) is 6. The SMILES string of the molecule is CCOc1cc(/C=N/NS(=O)(=O)c2ccccc2)ccc1OC(=O)c1ccc(Cl)cc1. The number of nitrogens with zero attached hydrogens (tertiary/aromatic N) is 1. The molecule has 3 rings (SSSR count). The molecule has 0 bridgehead atoms. The molecule has 1 N–H and O–H groups in total. The standard InChI is InChI=1S/C22H19ClN2O5S/c1-2-29-21-14-16(15-24-25-31(27,28)19-6-4-3-5-7-19)8-13-20(21)30-22(26)17-9-11-18(23)12-10-17/h3-15,25H,2H2,1H3/b24-15+. The maximum atomic E-state index is 12.4. The van der Waals surface area contributed by atoms with E-state index in [1.54, 1.807) is 67.6 Å². The minimum Gasteiger partial charge on any atom is -0.490 e. The number of rotatable bonds is 8. The van der Waals surface area contributed by atoms with Crippen molar-refractivity contribution in [1.29, 1.82) is 0 Å². The van der Waals surface area contributed by atoms with Gasteiger partial charge in [0.1, 0.15) is 0 Å². The lowest BCUT2D eigenvalue weighted by Gasteiger charge is -2.11. The molecular formula is C22H19ClN2O5S. The summed E-state index contributed by atoms with van der Waals surface area (Å²) in [5, 5.41) is 4.31. The fourth-order valence-electron chi connectivity index (χ4n) is 2.52. The maximum absolute atomic E-state index is 12.4. The summed E-state index contributed by atoms with van der Waals surface area (Å²) in [4.78, 5) is 14.6. The van der Waals surface area contributed by atoms with Gasteiger partial charge in [0, 0.05) is 5.02 Å². The molecule has 0 aliphatic carbocycles. The van der Waals surface area contributed by atoms with Crippen molar-refractivity contribution in [2.45, 2.75) is 11.8 Å². The van der Waals surface area contributed by atoms with Crippen molar-refractivity contribution in [3.8, 4) is 11.5 Å². The van der Waals surface area contributed by atoms with E-state index >= 15 is 0 Å². The summed E-state index contributed by atoms with van der Waals surface area (Å²) >= 11 is 5.84. The summed E-state index contributed by atoms with van der Waals surface area (Å²) in [6.07, 6.45) is 1.33. The van der Waals surface area contributed by atoms with Gasteiger partial charge in [0.25, 0.3) is 10.0 Å². The van der Waals surface area contributed by atoms with Crippen LogP contribution in [0, 0.1) is 0 Å². The van der Waals surface area contributed by atoms with Gasteiger partial charge in [0.05, 0.1) is 23.3 Å². The average molecular weight is 459 g/mol. The van der Waals surface area contributed by atoms with Crippen molar-refractivity contribution in [1.82, 2.24) is 4.83 Å². The van der Waals surface area contributed by atoms with Gasteiger partial charge in [-0.05, 0) is 67.1 Å². The molecule has 160 valence electrons. The van der Waals surface area contributed by atoms with Crippen molar-refractivity contribution in [2.24, 2.45) is 5.10 Å². The first-order valence-electron chi connectivity index (χ1n) is 9.23. The molecule has 3 aromatic carbocycles. The molecule has 9 heteroatoms. The molecule has 0 spiro atoms. The molecule has 0 radical (unpaired) electrons. The van der Waals surface area contributed by atoms with Crippen molar-refractivity contribution < 1.29 is 22.7 Å². The van der Waals surface area contributed by atoms with Crippen LogP contribution in [-0.2, 0) is 10.0 Å². The molecule has 0 amide bonds. The predicted octanol–water partition coefficient (Wildman–Crippen LogP) is 4.27. The minimum absolute atomic E-state index is 0.103. The molecule has 0 fully saturated rings. The Morgan fingerprint density at radius 3 is 2.42 bits per heavy atom. The number of hydrazone groups is 1. The van der Waals surface area contributed by atoms with Gasteiger partial charge in [-0.2, -0.15) is 13.5 Å². The van der Waals surface area contributed by atoms with Gasteiger partial charge in [0.2, 0.25) is 0 Å². The van der Waals surface area contributed by atoms with E-state index in [0.717, 1.165) is 0 Å². The van der Waals surface area contributed by atoms with Crippen LogP contribution in [0.5, 0.6) is 11.5 Å². The lowest BCUT2D eigenvalue weighted by molar-refractivity contribution is 0.0728. The van der Waals surface area contributed by atoms with E-state index in [-0.39, 0.29) is 10.6 Å². The number of hydrogen-bond donors (Lipinski definition) is 1. The van der Waals surface area contributed by atoms with Gasteiger partial charge < -0.3 is 9.47 Å². The summed E-state index contributed by atoms with van der Waals surface area (Å²) in [5.74, 6) is -0.0156. The summed E-state index contributed by atoms with van der Waals surface area (Å²) in [5.41, 5.74) is 0.887. The highest BCUT2D eigenvalue weighted by molar-refractivity contribution is 7.89. The highest BCUT2D eigenvalue weighted by Gasteiger charge is 2.14. The Kier molecular flexibility index (Phi) is 7.28. The van der Waals surface area contributed by atoms with Crippen LogP contribution in [0.25, 0.3) is 0 Å². The smallest absolute Gasteiger partial charge is 0.343 e. The number of carbonyl (C=O) groups is 1. The van der Waals surface area contributed by atoms with Crippen LogP contribution in [0.3, 0.4) is 0 Å². The number of esters is 1. The summed E-state index contributed by atoms with van der Waals surface area (Å²) < 4.78 is 35.4.